The number of fused-ring (bicyclic) bond motifs is 1. The third-order valence-electron chi connectivity index (χ3n) is 3.75. The third kappa shape index (κ3) is 3.98. The Kier molecular flexibility index (Phi) is 5.44. The van der Waals surface area contributed by atoms with E-state index in [0.29, 0.717) is 15.6 Å². The molecule has 3 rings (SSSR count). The summed E-state index contributed by atoms with van der Waals surface area (Å²) < 4.78 is 6.39. The van der Waals surface area contributed by atoms with Gasteiger partial charge in [-0.15, -0.1) is 11.3 Å². The fraction of sp³-hybridized carbons (Fsp3) is 0.158. The maximum atomic E-state index is 12.3. The summed E-state index contributed by atoms with van der Waals surface area (Å²) in [5.41, 5.74) is 6.77. The van der Waals surface area contributed by atoms with Crippen LogP contribution in [-0.2, 0) is 4.79 Å². The van der Waals surface area contributed by atoms with Crippen LogP contribution >= 0.6 is 22.9 Å². The van der Waals surface area contributed by atoms with Crippen LogP contribution in [0.2, 0.25) is 5.02 Å². The highest BCUT2D eigenvalue weighted by Crippen LogP contribution is 2.34. The van der Waals surface area contributed by atoms with Gasteiger partial charge in [0.25, 0.3) is 11.8 Å². The van der Waals surface area contributed by atoms with Gasteiger partial charge in [-0.2, -0.15) is 0 Å². The second kappa shape index (κ2) is 7.76. The lowest BCUT2D eigenvalue weighted by atomic mass is 10.1. The highest BCUT2D eigenvalue weighted by Gasteiger charge is 2.17. The van der Waals surface area contributed by atoms with Gasteiger partial charge in [-0.05, 0) is 31.5 Å². The Bertz CT molecular complexity index is 984. The van der Waals surface area contributed by atoms with Gasteiger partial charge in [0.05, 0.1) is 5.02 Å². The van der Waals surface area contributed by atoms with Crippen molar-refractivity contribution in [2.45, 2.75) is 13.8 Å². The quantitative estimate of drug-likeness (QED) is 0.663. The molecule has 2 amide bonds. The van der Waals surface area contributed by atoms with Gasteiger partial charge >= 0.3 is 0 Å². The summed E-state index contributed by atoms with van der Waals surface area (Å²) in [6.45, 7) is 3.69. The van der Waals surface area contributed by atoms with E-state index < -0.39 is 11.8 Å². The van der Waals surface area contributed by atoms with Crippen molar-refractivity contribution in [2.75, 3.05) is 6.61 Å². The number of hydrogen-bond donors (Lipinski definition) is 2. The zero-order chi connectivity index (χ0) is 18.7. The van der Waals surface area contributed by atoms with Crippen LogP contribution in [0.15, 0.2) is 42.5 Å². The molecule has 0 fully saturated rings. The molecule has 0 aliphatic rings. The molecule has 5 nitrogen and oxygen atoms in total. The SMILES string of the molecule is Cc1ccc(OCC(=O)NNC(=O)c2sc3ccccc3c2Cl)c(C)c1. The molecule has 1 aromatic heterocycles. The van der Waals surface area contributed by atoms with Crippen LogP contribution in [0.25, 0.3) is 10.1 Å². The number of benzene rings is 2. The first-order chi connectivity index (χ1) is 12.5. The molecule has 2 N–H and O–H groups in total. The first-order valence-corrected chi connectivity index (χ1v) is 9.11. The average molecular weight is 389 g/mol. The van der Waals surface area contributed by atoms with Crippen molar-refractivity contribution in [3.8, 4) is 5.75 Å². The molecule has 0 radical (unpaired) electrons. The first kappa shape index (κ1) is 18.2. The van der Waals surface area contributed by atoms with E-state index >= 15 is 0 Å². The molecule has 0 aliphatic carbocycles. The Morgan fingerprint density at radius 1 is 1.12 bits per heavy atom. The predicted molar refractivity (Wildman–Crippen MR) is 104 cm³/mol. The minimum atomic E-state index is -0.462. The van der Waals surface area contributed by atoms with Crippen molar-refractivity contribution in [1.29, 1.82) is 0 Å². The van der Waals surface area contributed by atoms with Gasteiger partial charge in [0.2, 0.25) is 0 Å². The number of nitrogens with one attached hydrogen (secondary N) is 2. The Labute approximate surface area is 159 Å². The monoisotopic (exact) mass is 388 g/mol. The number of aryl methyl sites for hydroxylation is 2. The van der Waals surface area contributed by atoms with Crippen molar-refractivity contribution in [3.05, 3.63) is 63.5 Å². The fourth-order valence-corrected chi connectivity index (χ4v) is 3.90. The van der Waals surface area contributed by atoms with Gasteiger partial charge in [0, 0.05) is 10.1 Å². The normalized spacial score (nSPS) is 10.6. The lowest BCUT2D eigenvalue weighted by molar-refractivity contribution is -0.123. The van der Waals surface area contributed by atoms with Gasteiger partial charge in [-0.1, -0.05) is 47.5 Å². The van der Waals surface area contributed by atoms with Crippen LogP contribution in [0, 0.1) is 13.8 Å². The number of hydrogen-bond acceptors (Lipinski definition) is 4. The molecule has 0 spiro atoms. The van der Waals surface area contributed by atoms with Gasteiger partial charge in [0.15, 0.2) is 6.61 Å². The summed E-state index contributed by atoms with van der Waals surface area (Å²) >= 11 is 7.52. The summed E-state index contributed by atoms with van der Waals surface area (Å²) in [5.74, 6) is -0.295. The zero-order valence-corrected chi connectivity index (χ0v) is 15.8. The number of thiophene rings is 1. The van der Waals surface area contributed by atoms with Crippen LogP contribution in [0.4, 0.5) is 0 Å². The molecule has 2 aromatic carbocycles. The molecule has 0 bridgehead atoms. The lowest BCUT2D eigenvalue weighted by Gasteiger charge is -2.10. The van der Waals surface area contributed by atoms with Crippen molar-refractivity contribution < 1.29 is 14.3 Å². The molecule has 7 heteroatoms. The number of carbonyl (C=O) groups is 2. The lowest BCUT2D eigenvalue weighted by Crippen LogP contribution is -2.43. The van der Waals surface area contributed by atoms with E-state index in [1.54, 1.807) is 0 Å². The van der Waals surface area contributed by atoms with Gasteiger partial charge in [-0.3, -0.25) is 20.4 Å². The van der Waals surface area contributed by atoms with E-state index in [9.17, 15) is 9.59 Å². The third-order valence-corrected chi connectivity index (χ3v) is 5.42. The molecule has 0 saturated carbocycles. The Morgan fingerprint density at radius 3 is 2.62 bits per heavy atom. The van der Waals surface area contributed by atoms with Gasteiger partial charge < -0.3 is 4.74 Å². The summed E-state index contributed by atoms with van der Waals surface area (Å²) in [6, 6.07) is 13.2. The van der Waals surface area contributed by atoms with Crippen molar-refractivity contribution >= 4 is 44.8 Å². The van der Waals surface area contributed by atoms with Crippen molar-refractivity contribution in [3.63, 3.8) is 0 Å². The van der Waals surface area contributed by atoms with Gasteiger partial charge in [-0.25, -0.2) is 0 Å². The van der Waals surface area contributed by atoms with Crippen LogP contribution in [0.5, 0.6) is 5.75 Å². The molecule has 0 atom stereocenters. The second-order valence-corrected chi connectivity index (χ2v) is 7.23. The Balaban J connectivity index is 1.56. The van der Waals surface area contributed by atoms with E-state index in [1.807, 2.05) is 56.3 Å². The number of hydrazine groups is 1. The fourth-order valence-electron chi connectivity index (χ4n) is 2.48. The van der Waals surface area contributed by atoms with E-state index in [1.165, 1.54) is 11.3 Å². The molecule has 26 heavy (non-hydrogen) atoms. The molecule has 1 heterocycles. The first-order valence-electron chi connectivity index (χ1n) is 7.92. The topological polar surface area (TPSA) is 67.4 Å². The van der Waals surface area contributed by atoms with E-state index in [0.717, 1.165) is 21.2 Å². The van der Waals surface area contributed by atoms with E-state index in [2.05, 4.69) is 10.9 Å². The highest BCUT2D eigenvalue weighted by molar-refractivity contribution is 7.21. The number of carbonyl (C=O) groups excluding carboxylic acids is 2. The minimum absolute atomic E-state index is 0.204. The molecular weight excluding hydrogens is 372 g/mol. The van der Waals surface area contributed by atoms with Crippen molar-refractivity contribution in [1.82, 2.24) is 10.9 Å². The standard InChI is InChI=1S/C19H17ClN2O3S/c1-11-7-8-14(12(2)9-11)25-10-16(23)21-22-19(24)18-17(20)13-5-3-4-6-15(13)26-18/h3-9H,10H2,1-2H3,(H,21,23)(H,22,24). The Morgan fingerprint density at radius 2 is 1.88 bits per heavy atom. The number of halogens is 1. The van der Waals surface area contributed by atoms with Crippen LogP contribution in [0.3, 0.4) is 0 Å². The zero-order valence-electron chi connectivity index (χ0n) is 14.3. The maximum absolute atomic E-state index is 12.3. The van der Waals surface area contributed by atoms with Crippen LogP contribution in [0.1, 0.15) is 20.8 Å². The van der Waals surface area contributed by atoms with E-state index in [-0.39, 0.29) is 6.61 Å². The second-order valence-electron chi connectivity index (χ2n) is 5.80. The molecular formula is C19H17ClN2O3S. The molecule has 134 valence electrons. The smallest absolute Gasteiger partial charge is 0.281 e. The number of amides is 2. The molecule has 3 aromatic rings. The predicted octanol–water partition coefficient (Wildman–Crippen LogP) is 4.01. The maximum Gasteiger partial charge on any atom is 0.281 e. The number of rotatable bonds is 4. The highest BCUT2D eigenvalue weighted by atomic mass is 35.5. The largest absolute Gasteiger partial charge is 0.483 e. The number of ether oxygens (including phenoxy) is 1. The molecule has 0 unspecified atom stereocenters. The van der Waals surface area contributed by atoms with Crippen LogP contribution in [-0.4, -0.2) is 18.4 Å². The van der Waals surface area contributed by atoms with Gasteiger partial charge in [0.1, 0.15) is 10.6 Å². The summed E-state index contributed by atoms with van der Waals surface area (Å²) in [6.07, 6.45) is 0. The Hall–Kier alpha value is -2.57. The van der Waals surface area contributed by atoms with Crippen molar-refractivity contribution in [2.24, 2.45) is 0 Å². The van der Waals surface area contributed by atoms with Crippen LogP contribution < -0.4 is 15.6 Å². The van der Waals surface area contributed by atoms with E-state index in [4.69, 9.17) is 16.3 Å². The summed E-state index contributed by atoms with van der Waals surface area (Å²) in [5, 5.41) is 1.19. The average Bonchev–Trinajstić information content (AvgIpc) is 2.96. The molecule has 0 aliphatic heterocycles. The summed E-state index contributed by atoms with van der Waals surface area (Å²) in [4.78, 5) is 24.5. The minimum Gasteiger partial charge on any atom is -0.483 e. The molecule has 0 saturated heterocycles. The summed E-state index contributed by atoms with van der Waals surface area (Å²) in [7, 11) is 0.